The second-order valence-corrected chi connectivity index (χ2v) is 32.9. The third-order valence-corrected chi connectivity index (χ3v) is 24.6. The maximum atomic E-state index is 7.77. The predicted octanol–water partition coefficient (Wildman–Crippen LogP) is 22.7. The summed E-state index contributed by atoms with van der Waals surface area (Å²) in [5.41, 5.74) is 38.8. The van der Waals surface area contributed by atoms with E-state index in [4.69, 9.17) is 4.74 Å². The number of aromatic nitrogens is 2. The van der Waals surface area contributed by atoms with Gasteiger partial charge in [-0.15, -0.1) is 0 Å². The number of fused-ring (bicyclic) bond motifs is 30. The maximum Gasteiger partial charge on any atom is 0.256 e. The molecule has 4 heterocycles. The molecule has 0 unspecified atom stereocenters. The molecule has 484 valence electrons. The number of ether oxygens (including phenoxy) is 1. The first-order valence-corrected chi connectivity index (χ1v) is 36.6. The Kier molecular flexibility index (Phi) is 11.3. The molecule has 0 fully saturated rings. The number of rotatable bonds is 3. The summed E-state index contributed by atoms with van der Waals surface area (Å²) in [6, 6.07) is 109. The lowest BCUT2D eigenvalue weighted by Gasteiger charge is -2.35. The van der Waals surface area contributed by atoms with Gasteiger partial charge in [-0.3, -0.25) is 0 Å². The van der Waals surface area contributed by atoms with Gasteiger partial charge in [-0.2, -0.15) is 0 Å². The highest BCUT2D eigenvalue weighted by atomic mass is 16.5. The zero-order valence-electron chi connectivity index (χ0n) is 58.9. The molecule has 0 amide bonds. The quantitative estimate of drug-likeness (QED) is 0.161. The lowest BCUT2D eigenvalue weighted by Crippen LogP contribution is -2.58. The molecule has 0 N–H and O–H groups in total. The highest BCUT2D eigenvalue weighted by molar-refractivity contribution is 6.99. The zero-order chi connectivity index (χ0) is 68.4. The van der Waals surface area contributed by atoms with Gasteiger partial charge in [-0.25, -0.2) is 0 Å². The van der Waals surface area contributed by atoms with Crippen LogP contribution in [0.4, 0.5) is 0 Å². The van der Waals surface area contributed by atoms with Gasteiger partial charge in [-0.05, 0) is 180 Å². The fourth-order valence-corrected chi connectivity index (χ4v) is 20.3. The van der Waals surface area contributed by atoms with E-state index >= 15 is 0 Å². The first-order valence-electron chi connectivity index (χ1n) is 36.6. The molecule has 6 aliphatic rings. The van der Waals surface area contributed by atoms with Crippen molar-refractivity contribution in [3.63, 3.8) is 0 Å². The minimum Gasteiger partial charge on any atom is -0.458 e. The Balaban J connectivity index is 0.908. The highest BCUT2D eigenvalue weighted by Crippen LogP contribution is 2.67. The van der Waals surface area contributed by atoms with Crippen molar-refractivity contribution in [2.45, 2.75) is 89.4 Å². The fourth-order valence-electron chi connectivity index (χ4n) is 20.3. The van der Waals surface area contributed by atoms with Crippen LogP contribution in [-0.4, -0.2) is 15.8 Å². The number of benzene rings is 14. The molecule has 4 heteroatoms. The van der Waals surface area contributed by atoms with Gasteiger partial charge >= 0.3 is 0 Å². The van der Waals surface area contributed by atoms with E-state index in [2.05, 4.69) is 351 Å². The van der Waals surface area contributed by atoms with Crippen molar-refractivity contribution >= 4 is 66.7 Å². The minimum absolute atomic E-state index is 0.0727. The smallest absolute Gasteiger partial charge is 0.256 e. The Morgan fingerprint density at radius 1 is 0.284 bits per heavy atom. The van der Waals surface area contributed by atoms with E-state index in [0.717, 1.165) is 33.9 Å². The Morgan fingerprint density at radius 3 is 1.12 bits per heavy atom. The van der Waals surface area contributed by atoms with Gasteiger partial charge in [0.2, 0.25) is 0 Å². The molecule has 0 radical (unpaired) electrons. The summed E-state index contributed by atoms with van der Waals surface area (Å²) in [7, 11) is 0. The van der Waals surface area contributed by atoms with Crippen LogP contribution in [0.15, 0.2) is 279 Å². The van der Waals surface area contributed by atoms with Crippen LogP contribution in [0.3, 0.4) is 0 Å². The van der Waals surface area contributed by atoms with Gasteiger partial charge in [0.05, 0.1) is 33.1 Å². The van der Waals surface area contributed by atoms with Gasteiger partial charge < -0.3 is 13.9 Å². The molecule has 0 atom stereocenters. The Bertz CT molecular complexity index is 6120. The molecule has 2 aromatic heterocycles. The summed E-state index contributed by atoms with van der Waals surface area (Å²) < 4.78 is 13.1. The monoisotopic (exact) mass is 1300 g/mol. The van der Waals surface area contributed by atoms with Gasteiger partial charge in [0.1, 0.15) is 11.5 Å². The van der Waals surface area contributed by atoms with Crippen molar-refractivity contribution in [2.24, 2.45) is 0 Å². The van der Waals surface area contributed by atoms with Crippen molar-refractivity contribution in [2.75, 3.05) is 0 Å². The van der Waals surface area contributed by atoms with Gasteiger partial charge in [0, 0.05) is 49.9 Å². The molecule has 0 bridgehead atoms. The fraction of sp³-hybridized carbons (Fsp3) is 0.143. The van der Waals surface area contributed by atoms with Crippen LogP contribution in [0.5, 0.6) is 11.5 Å². The van der Waals surface area contributed by atoms with Crippen LogP contribution >= 0.6 is 0 Å². The average molecular weight is 1310 g/mol. The van der Waals surface area contributed by atoms with Gasteiger partial charge in [0.15, 0.2) is 0 Å². The van der Waals surface area contributed by atoms with E-state index in [1.807, 2.05) is 0 Å². The molecule has 2 aliphatic heterocycles. The standard InChI is InChI=1S/C98H73BN2O/c1-94(2,3)56-46-48-84-74(50-56)75-51-58(96(7,8)9)53-83-93(75)101(84)85-54-59(55-87-90(85)99(83)82-52-57(95(4,5)6)47-49-86(82)102-87)100-91-70(68-34-22-32-66-64-30-14-20-44-80(64)97(88(66)68)76-40-16-10-26-60(76)61-27-11-17-41-77(61)97)36-24-38-72(91)73-39-25-37-71(92(73)100)69-35-23-33-67-65-31-15-21-45-81(65)98(89(67)69)78-42-18-12-28-62(78)63-29-13-19-43-79(63)98/h10-55H,1-9H3. The van der Waals surface area contributed by atoms with Crippen LogP contribution in [0.25, 0.3) is 122 Å². The Morgan fingerprint density at radius 2 is 0.657 bits per heavy atom. The van der Waals surface area contributed by atoms with E-state index in [1.165, 1.54) is 177 Å². The number of nitrogens with zero attached hydrogens (tertiary/aromatic N) is 2. The summed E-state index contributed by atoms with van der Waals surface area (Å²) in [5, 5.41) is 4.95. The molecule has 22 rings (SSSR count). The molecule has 4 aliphatic carbocycles. The van der Waals surface area contributed by atoms with Crippen molar-refractivity contribution in [1.29, 1.82) is 0 Å². The number of para-hydroxylation sites is 2. The number of hydrogen-bond acceptors (Lipinski definition) is 1. The SMILES string of the molecule is CC(C)(C)c1ccc2c(c1)B1c3c(cc(-n4c5c(-c6cccc7c6C6(c8ccccc8-c8ccccc86)c6ccccc6-7)cccc5c5cccc(-c6cccc7c6C6(c8ccccc8-c8ccccc86)c6ccccc6-7)c54)cc3-n3c4ccc(C(C)(C)C)cc4c4cc(C(C)(C)C)cc1c43)O2. The largest absolute Gasteiger partial charge is 0.458 e. The third-order valence-electron chi connectivity index (χ3n) is 24.6. The molecule has 2 spiro atoms. The topological polar surface area (TPSA) is 19.1 Å². The molecule has 14 aromatic carbocycles. The summed E-state index contributed by atoms with van der Waals surface area (Å²) in [5.74, 6) is 1.79. The Labute approximate surface area is 596 Å². The molecule has 102 heavy (non-hydrogen) atoms. The maximum absolute atomic E-state index is 7.77. The third kappa shape index (κ3) is 7.22. The summed E-state index contributed by atoms with van der Waals surface area (Å²) in [6.07, 6.45) is 0. The van der Waals surface area contributed by atoms with Gasteiger partial charge in [0.25, 0.3) is 6.71 Å². The van der Waals surface area contributed by atoms with Crippen molar-refractivity contribution in [3.05, 3.63) is 340 Å². The second-order valence-electron chi connectivity index (χ2n) is 32.9. The lowest BCUT2D eigenvalue weighted by molar-refractivity contribution is 0.486. The van der Waals surface area contributed by atoms with E-state index < -0.39 is 10.8 Å². The molecule has 0 saturated heterocycles. The first-order chi connectivity index (χ1) is 49.5. The van der Waals surface area contributed by atoms with Crippen molar-refractivity contribution in [1.82, 2.24) is 9.13 Å². The molecular formula is C98H73BN2O. The normalized spacial score (nSPS) is 14.7. The second kappa shape index (κ2) is 19.7. The zero-order valence-corrected chi connectivity index (χ0v) is 58.9. The van der Waals surface area contributed by atoms with Crippen LogP contribution in [0.2, 0.25) is 0 Å². The minimum atomic E-state index is -0.602. The number of hydrogen-bond donors (Lipinski definition) is 0. The van der Waals surface area contributed by atoms with Crippen molar-refractivity contribution < 1.29 is 4.74 Å². The van der Waals surface area contributed by atoms with E-state index in [1.54, 1.807) is 0 Å². The van der Waals surface area contributed by atoms with Crippen LogP contribution in [0.1, 0.15) is 124 Å². The van der Waals surface area contributed by atoms with Crippen LogP contribution in [0, 0.1) is 0 Å². The van der Waals surface area contributed by atoms with E-state index in [9.17, 15) is 0 Å². The van der Waals surface area contributed by atoms with E-state index in [0.29, 0.717) is 0 Å². The average Bonchev–Trinajstić information content (AvgIpc) is 1.40. The predicted molar refractivity (Wildman–Crippen MR) is 426 cm³/mol. The first kappa shape index (κ1) is 58.4. The summed E-state index contributed by atoms with van der Waals surface area (Å²) in [6.45, 7) is 21.1. The molecule has 16 aromatic rings. The van der Waals surface area contributed by atoms with Crippen LogP contribution < -0.4 is 21.1 Å². The summed E-state index contributed by atoms with van der Waals surface area (Å²) >= 11 is 0. The van der Waals surface area contributed by atoms with Crippen molar-refractivity contribution in [3.8, 4) is 89.6 Å². The molecule has 3 nitrogen and oxygen atoms in total. The summed E-state index contributed by atoms with van der Waals surface area (Å²) in [4.78, 5) is 0. The molecular weight excluding hydrogens is 1230 g/mol. The van der Waals surface area contributed by atoms with E-state index in [-0.39, 0.29) is 23.0 Å². The Hall–Kier alpha value is -11.5. The highest BCUT2D eigenvalue weighted by Gasteiger charge is 2.55. The van der Waals surface area contributed by atoms with Gasteiger partial charge in [-0.1, -0.05) is 305 Å². The lowest BCUT2D eigenvalue weighted by atomic mass is 9.34. The molecule has 0 saturated carbocycles. The van der Waals surface area contributed by atoms with Crippen LogP contribution in [-0.2, 0) is 27.1 Å².